The number of amidine groups is 1. The molecule has 0 saturated heterocycles. The molecule has 0 aromatic heterocycles. The fourth-order valence-corrected chi connectivity index (χ4v) is 1.93. The van der Waals surface area contributed by atoms with Crippen LogP contribution in [0.1, 0.15) is 11.1 Å². The van der Waals surface area contributed by atoms with Crippen molar-refractivity contribution >= 4 is 29.0 Å². The highest BCUT2D eigenvalue weighted by atomic mass is 35.5. The number of rotatable bonds is 4. The third kappa shape index (κ3) is 4.22. The summed E-state index contributed by atoms with van der Waals surface area (Å²) in [5.41, 5.74) is 7.48. The van der Waals surface area contributed by atoms with Crippen molar-refractivity contribution < 1.29 is 10.0 Å². The standard InChI is InChI=1S/C15H14ClN3O2/c16-12-6-4-10(5-7-12)8-14(20)18-13-3-1-2-11(9-13)15(17)19-21/h1-7,9,21H,8H2,(H2,17,19)(H,18,20). The van der Waals surface area contributed by atoms with Crippen molar-refractivity contribution in [1.82, 2.24) is 0 Å². The van der Waals surface area contributed by atoms with Crippen LogP contribution in [-0.2, 0) is 11.2 Å². The molecule has 0 aliphatic carbocycles. The Labute approximate surface area is 127 Å². The minimum atomic E-state index is -0.158. The van der Waals surface area contributed by atoms with E-state index in [4.69, 9.17) is 22.5 Å². The van der Waals surface area contributed by atoms with Crippen molar-refractivity contribution in [2.24, 2.45) is 10.9 Å². The van der Waals surface area contributed by atoms with Gasteiger partial charge < -0.3 is 16.3 Å². The van der Waals surface area contributed by atoms with Crippen LogP contribution in [0.4, 0.5) is 5.69 Å². The molecule has 0 radical (unpaired) electrons. The lowest BCUT2D eigenvalue weighted by molar-refractivity contribution is -0.115. The van der Waals surface area contributed by atoms with Crippen molar-refractivity contribution in [3.8, 4) is 0 Å². The Bertz CT molecular complexity index is 669. The highest BCUT2D eigenvalue weighted by Gasteiger charge is 2.06. The lowest BCUT2D eigenvalue weighted by atomic mass is 10.1. The molecule has 2 rings (SSSR count). The van der Waals surface area contributed by atoms with Gasteiger partial charge in [0.05, 0.1) is 6.42 Å². The van der Waals surface area contributed by atoms with Crippen LogP contribution in [0.15, 0.2) is 53.7 Å². The first-order chi connectivity index (χ1) is 10.1. The molecule has 0 saturated carbocycles. The van der Waals surface area contributed by atoms with Crippen LogP contribution in [0.5, 0.6) is 0 Å². The van der Waals surface area contributed by atoms with Gasteiger partial charge in [-0.1, -0.05) is 41.0 Å². The first-order valence-electron chi connectivity index (χ1n) is 6.21. The van der Waals surface area contributed by atoms with E-state index >= 15 is 0 Å². The molecule has 0 heterocycles. The number of carbonyl (C=O) groups excluding carboxylic acids is 1. The van der Waals surface area contributed by atoms with Gasteiger partial charge in [0.2, 0.25) is 5.91 Å². The average Bonchev–Trinajstić information content (AvgIpc) is 2.49. The molecule has 1 amide bonds. The molecule has 6 heteroatoms. The molecule has 2 aromatic rings. The molecule has 0 fully saturated rings. The zero-order valence-corrected chi connectivity index (χ0v) is 11.8. The zero-order valence-electron chi connectivity index (χ0n) is 11.1. The van der Waals surface area contributed by atoms with Crippen LogP contribution in [0.2, 0.25) is 5.02 Å². The maximum absolute atomic E-state index is 12.0. The fourth-order valence-electron chi connectivity index (χ4n) is 1.81. The van der Waals surface area contributed by atoms with Gasteiger partial charge in [-0.25, -0.2) is 0 Å². The minimum absolute atomic E-state index is 0.0104. The SMILES string of the molecule is N/C(=N/O)c1cccc(NC(=O)Cc2ccc(Cl)cc2)c1. The van der Waals surface area contributed by atoms with Gasteiger partial charge in [-0.2, -0.15) is 0 Å². The summed E-state index contributed by atoms with van der Waals surface area (Å²) in [6, 6.07) is 13.8. The molecule has 4 N–H and O–H groups in total. The molecular formula is C15H14ClN3O2. The third-order valence-electron chi connectivity index (χ3n) is 2.83. The van der Waals surface area contributed by atoms with Crippen LogP contribution in [0.25, 0.3) is 0 Å². The van der Waals surface area contributed by atoms with E-state index in [9.17, 15) is 4.79 Å². The van der Waals surface area contributed by atoms with Gasteiger partial charge in [-0.05, 0) is 29.8 Å². The summed E-state index contributed by atoms with van der Waals surface area (Å²) in [5.74, 6) is -0.169. The molecule has 0 aliphatic rings. The van der Waals surface area contributed by atoms with E-state index in [1.165, 1.54) is 0 Å². The number of benzene rings is 2. The number of hydrogen-bond donors (Lipinski definition) is 3. The summed E-state index contributed by atoms with van der Waals surface area (Å²) in [6.45, 7) is 0. The molecule has 0 atom stereocenters. The quantitative estimate of drug-likeness (QED) is 0.351. The first kappa shape index (κ1) is 14.9. The topological polar surface area (TPSA) is 87.7 Å². The molecular weight excluding hydrogens is 290 g/mol. The number of nitrogens with one attached hydrogen (secondary N) is 1. The van der Waals surface area contributed by atoms with Gasteiger partial charge in [-0.3, -0.25) is 4.79 Å². The van der Waals surface area contributed by atoms with Gasteiger partial charge in [-0.15, -0.1) is 0 Å². The predicted molar refractivity (Wildman–Crippen MR) is 82.7 cm³/mol. The molecule has 5 nitrogen and oxygen atoms in total. The van der Waals surface area contributed by atoms with Crippen LogP contribution in [-0.4, -0.2) is 17.0 Å². The number of nitrogens with zero attached hydrogens (tertiary/aromatic N) is 1. The Kier molecular flexibility index (Phi) is 4.79. The Morgan fingerprint density at radius 1 is 1.24 bits per heavy atom. The molecule has 0 spiro atoms. The number of nitrogens with two attached hydrogens (primary N) is 1. The fraction of sp³-hybridized carbons (Fsp3) is 0.0667. The highest BCUT2D eigenvalue weighted by molar-refractivity contribution is 6.30. The van der Waals surface area contributed by atoms with Crippen molar-refractivity contribution in [2.45, 2.75) is 6.42 Å². The Balaban J connectivity index is 2.04. The first-order valence-corrected chi connectivity index (χ1v) is 6.58. The van der Waals surface area contributed by atoms with Gasteiger partial charge >= 0.3 is 0 Å². The normalized spacial score (nSPS) is 11.2. The van der Waals surface area contributed by atoms with E-state index in [1.807, 2.05) is 0 Å². The number of anilines is 1. The molecule has 0 unspecified atom stereocenters. The summed E-state index contributed by atoms with van der Waals surface area (Å²) >= 11 is 5.79. The van der Waals surface area contributed by atoms with Gasteiger partial charge in [0.15, 0.2) is 5.84 Å². The average molecular weight is 304 g/mol. The smallest absolute Gasteiger partial charge is 0.228 e. The minimum Gasteiger partial charge on any atom is -0.409 e. The number of halogens is 1. The number of carbonyl (C=O) groups is 1. The van der Waals surface area contributed by atoms with Gasteiger partial charge in [0.25, 0.3) is 0 Å². The van der Waals surface area contributed by atoms with Crippen molar-refractivity contribution in [3.05, 3.63) is 64.7 Å². The number of amides is 1. The molecule has 0 bridgehead atoms. The van der Waals surface area contributed by atoms with Crippen molar-refractivity contribution in [2.75, 3.05) is 5.32 Å². The maximum atomic E-state index is 12.0. The summed E-state index contributed by atoms with van der Waals surface area (Å²) in [7, 11) is 0. The monoisotopic (exact) mass is 303 g/mol. The third-order valence-corrected chi connectivity index (χ3v) is 3.08. The van der Waals surface area contributed by atoms with E-state index in [-0.39, 0.29) is 18.2 Å². The number of hydrogen-bond acceptors (Lipinski definition) is 3. The summed E-state index contributed by atoms with van der Waals surface area (Å²) in [4.78, 5) is 12.0. The van der Waals surface area contributed by atoms with E-state index in [2.05, 4.69) is 10.5 Å². The van der Waals surface area contributed by atoms with Gasteiger partial charge in [0.1, 0.15) is 0 Å². The van der Waals surface area contributed by atoms with Crippen molar-refractivity contribution in [1.29, 1.82) is 0 Å². The zero-order chi connectivity index (χ0) is 15.2. The Morgan fingerprint density at radius 2 is 1.95 bits per heavy atom. The summed E-state index contributed by atoms with van der Waals surface area (Å²) in [6.07, 6.45) is 0.241. The van der Waals surface area contributed by atoms with E-state index < -0.39 is 0 Å². The molecule has 0 aliphatic heterocycles. The van der Waals surface area contributed by atoms with Gasteiger partial charge in [0, 0.05) is 16.3 Å². The largest absolute Gasteiger partial charge is 0.409 e. The second-order valence-electron chi connectivity index (χ2n) is 4.42. The van der Waals surface area contributed by atoms with E-state index in [1.54, 1.807) is 48.5 Å². The van der Waals surface area contributed by atoms with Crippen LogP contribution in [0, 0.1) is 0 Å². The van der Waals surface area contributed by atoms with E-state index in [0.29, 0.717) is 16.3 Å². The second kappa shape index (κ2) is 6.76. The van der Waals surface area contributed by atoms with Crippen LogP contribution >= 0.6 is 11.6 Å². The van der Waals surface area contributed by atoms with Crippen LogP contribution < -0.4 is 11.1 Å². The highest BCUT2D eigenvalue weighted by Crippen LogP contribution is 2.13. The van der Waals surface area contributed by atoms with Crippen molar-refractivity contribution in [3.63, 3.8) is 0 Å². The van der Waals surface area contributed by atoms with Crippen LogP contribution in [0.3, 0.4) is 0 Å². The predicted octanol–water partition coefficient (Wildman–Crippen LogP) is 2.62. The molecule has 2 aromatic carbocycles. The maximum Gasteiger partial charge on any atom is 0.228 e. The lowest BCUT2D eigenvalue weighted by Gasteiger charge is -2.07. The summed E-state index contributed by atoms with van der Waals surface area (Å²) < 4.78 is 0. The molecule has 108 valence electrons. The van der Waals surface area contributed by atoms with E-state index in [0.717, 1.165) is 5.56 Å². The molecule has 21 heavy (non-hydrogen) atoms. The Hall–Kier alpha value is -2.53. The lowest BCUT2D eigenvalue weighted by Crippen LogP contribution is -2.16. The Morgan fingerprint density at radius 3 is 2.62 bits per heavy atom. The summed E-state index contributed by atoms with van der Waals surface area (Å²) in [5, 5.41) is 15.0. The number of oxime groups is 1. The second-order valence-corrected chi connectivity index (χ2v) is 4.85.